The molecule has 0 N–H and O–H groups in total. The SMILES string of the molecule is CCOC(=O)c1sc(-c2ccc(-c3ccc(-c4cccs4)s3)s2)nc1C. The summed E-state index contributed by atoms with van der Waals surface area (Å²) in [6, 6.07) is 12.8. The Labute approximate surface area is 167 Å². The summed E-state index contributed by atoms with van der Waals surface area (Å²) in [5.41, 5.74) is 0.731. The largest absolute Gasteiger partial charge is 0.462 e. The van der Waals surface area contributed by atoms with Crippen molar-refractivity contribution in [2.75, 3.05) is 6.61 Å². The maximum absolute atomic E-state index is 12.0. The van der Waals surface area contributed by atoms with E-state index >= 15 is 0 Å². The summed E-state index contributed by atoms with van der Waals surface area (Å²) < 4.78 is 5.11. The fraction of sp³-hybridized carbons (Fsp3) is 0.158. The second-order valence-corrected chi connectivity index (χ2v) is 9.57. The summed E-state index contributed by atoms with van der Waals surface area (Å²) in [6.07, 6.45) is 0. The van der Waals surface area contributed by atoms with Gasteiger partial charge in [0.05, 0.1) is 17.2 Å². The average molecular weight is 418 g/mol. The number of ether oxygens (including phenoxy) is 1. The molecule has 0 saturated heterocycles. The van der Waals surface area contributed by atoms with Crippen LogP contribution >= 0.6 is 45.3 Å². The molecular weight excluding hydrogens is 402 g/mol. The predicted octanol–water partition coefficient (Wildman–Crippen LogP) is 6.81. The highest BCUT2D eigenvalue weighted by molar-refractivity contribution is 7.28. The minimum atomic E-state index is -0.288. The van der Waals surface area contributed by atoms with Gasteiger partial charge in [0.15, 0.2) is 0 Å². The molecule has 4 aromatic heterocycles. The van der Waals surface area contributed by atoms with E-state index in [4.69, 9.17) is 4.74 Å². The van der Waals surface area contributed by atoms with E-state index in [0.29, 0.717) is 11.5 Å². The number of carbonyl (C=O) groups is 1. The van der Waals surface area contributed by atoms with E-state index in [1.54, 1.807) is 34.0 Å². The number of hydrogen-bond acceptors (Lipinski definition) is 7. The molecule has 0 radical (unpaired) electrons. The lowest BCUT2D eigenvalue weighted by Crippen LogP contribution is -2.03. The average Bonchev–Trinajstić information content (AvgIpc) is 3.39. The molecule has 3 nitrogen and oxygen atoms in total. The molecule has 0 aliphatic rings. The molecule has 0 atom stereocenters. The highest BCUT2D eigenvalue weighted by Gasteiger charge is 2.18. The van der Waals surface area contributed by atoms with Crippen LogP contribution in [0.4, 0.5) is 0 Å². The Kier molecular flexibility index (Phi) is 5.04. The van der Waals surface area contributed by atoms with Crippen molar-refractivity contribution in [3.8, 4) is 29.4 Å². The van der Waals surface area contributed by atoms with Crippen LogP contribution < -0.4 is 0 Å². The molecule has 4 heterocycles. The van der Waals surface area contributed by atoms with Gasteiger partial charge in [-0.3, -0.25) is 0 Å². The quantitative estimate of drug-likeness (QED) is 0.335. The molecule has 0 bridgehead atoms. The second-order valence-electron chi connectivity index (χ2n) is 5.46. The highest BCUT2D eigenvalue weighted by Crippen LogP contribution is 2.42. The van der Waals surface area contributed by atoms with Crippen molar-refractivity contribution in [3.63, 3.8) is 0 Å². The van der Waals surface area contributed by atoms with E-state index in [1.807, 2.05) is 13.8 Å². The Morgan fingerprint density at radius 1 is 0.962 bits per heavy atom. The zero-order chi connectivity index (χ0) is 18.1. The van der Waals surface area contributed by atoms with Crippen molar-refractivity contribution in [3.05, 3.63) is 52.3 Å². The molecule has 0 unspecified atom stereocenters. The number of rotatable bonds is 5. The van der Waals surface area contributed by atoms with Gasteiger partial charge in [-0.05, 0) is 49.6 Å². The summed E-state index contributed by atoms with van der Waals surface area (Å²) in [7, 11) is 0. The third kappa shape index (κ3) is 3.40. The number of hydrogen-bond donors (Lipinski definition) is 0. The lowest BCUT2D eigenvalue weighted by Gasteiger charge is -1.97. The summed E-state index contributed by atoms with van der Waals surface area (Å²) in [5, 5.41) is 2.97. The van der Waals surface area contributed by atoms with Crippen molar-refractivity contribution in [2.24, 2.45) is 0 Å². The Morgan fingerprint density at radius 3 is 2.27 bits per heavy atom. The van der Waals surface area contributed by atoms with Crippen LogP contribution in [0.1, 0.15) is 22.3 Å². The van der Waals surface area contributed by atoms with Crippen LogP contribution in [0.5, 0.6) is 0 Å². The van der Waals surface area contributed by atoms with Crippen molar-refractivity contribution >= 4 is 51.3 Å². The third-order valence-electron chi connectivity index (χ3n) is 3.69. The van der Waals surface area contributed by atoms with Crippen LogP contribution in [0.25, 0.3) is 29.4 Å². The predicted molar refractivity (Wildman–Crippen MR) is 113 cm³/mol. The molecule has 0 saturated carbocycles. The van der Waals surface area contributed by atoms with Gasteiger partial charge in [-0.15, -0.1) is 45.3 Å². The molecule has 0 spiro atoms. The molecule has 4 rings (SSSR count). The Morgan fingerprint density at radius 2 is 1.62 bits per heavy atom. The molecule has 0 aliphatic heterocycles. The van der Waals surface area contributed by atoms with Gasteiger partial charge in [-0.2, -0.15) is 0 Å². The monoisotopic (exact) mass is 417 g/mol. The van der Waals surface area contributed by atoms with Gasteiger partial charge < -0.3 is 4.74 Å². The van der Waals surface area contributed by atoms with Crippen LogP contribution in [-0.4, -0.2) is 17.6 Å². The topological polar surface area (TPSA) is 39.2 Å². The Bertz CT molecular complexity index is 1040. The zero-order valence-electron chi connectivity index (χ0n) is 14.1. The van der Waals surface area contributed by atoms with E-state index in [2.05, 4.69) is 46.8 Å². The van der Waals surface area contributed by atoms with Crippen molar-refractivity contribution < 1.29 is 9.53 Å². The smallest absolute Gasteiger partial charge is 0.350 e. The van der Waals surface area contributed by atoms with Crippen LogP contribution in [0.15, 0.2) is 41.8 Å². The number of nitrogens with zero attached hydrogens (tertiary/aromatic N) is 1. The van der Waals surface area contributed by atoms with Crippen LogP contribution in [-0.2, 0) is 4.74 Å². The van der Waals surface area contributed by atoms with Crippen molar-refractivity contribution in [1.82, 2.24) is 4.98 Å². The summed E-state index contributed by atoms with van der Waals surface area (Å²) in [4.78, 5) is 23.3. The number of thiophene rings is 3. The van der Waals surface area contributed by atoms with Crippen molar-refractivity contribution in [2.45, 2.75) is 13.8 Å². The van der Waals surface area contributed by atoms with Gasteiger partial charge >= 0.3 is 5.97 Å². The summed E-state index contributed by atoms with van der Waals surface area (Å²) in [6.45, 7) is 4.04. The van der Waals surface area contributed by atoms with Crippen LogP contribution in [0.3, 0.4) is 0 Å². The molecule has 0 aromatic carbocycles. The molecule has 26 heavy (non-hydrogen) atoms. The first kappa shape index (κ1) is 17.6. The third-order valence-corrected chi connectivity index (χ3v) is 8.43. The lowest BCUT2D eigenvalue weighted by molar-refractivity contribution is 0.0531. The van der Waals surface area contributed by atoms with E-state index in [-0.39, 0.29) is 5.97 Å². The number of esters is 1. The fourth-order valence-electron chi connectivity index (χ4n) is 2.49. The molecule has 0 amide bonds. The van der Waals surface area contributed by atoms with E-state index < -0.39 is 0 Å². The molecule has 132 valence electrons. The van der Waals surface area contributed by atoms with Gasteiger partial charge in [-0.25, -0.2) is 9.78 Å². The van der Waals surface area contributed by atoms with Gasteiger partial charge in [0.2, 0.25) is 0 Å². The van der Waals surface area contributed by atoms with Crippen LogP contribution in [0.2, 0.25) is 0 Å². The van der Waals surface area contributed by atoms with E-state index in [0.717, 1.165) is 15.6 Å². The first-order chi connectivity index (χ1) is 12.7. The molecule has 4 aromatic rings. The molecule has 0 fully saturated rings. The van der Waals surface area contributed by atoms with Crippen LogP contribution in [0, 0.1) is 6.92 Å². The Balaban J connectivity index is 1.61. The van der Waals surface area contributed by atoms with E-state index in [1.165, 1.54) is 30.8 Å². The number of thiazole rings is 1. The second kappa shape index (κ2) is 7.44. The molecule has 7 heteroatoms. The molecular formula is C19H15NO2S4. The lowest BCUT2D eigenvalue weighted by atomic mass is 10.3. The number of carbonyl (C=O) groups excluding carboxylic acids is 1. The molecule has 0 aliphatic carbocycles. The van der Waals surface area contributed by atoms with Crippen molar-refractivity contribution in [1.29, 1.82) is 0 Å². The number of aryl methyl sites for hydroxylation is 1. The van der Waals surface area contributed by atoms with E-state index in [9.17, 15) is 4.79 Å². The van der Waals surface area contributed by atoms with Gasteiger partial charge in [0.25, 0.3) is 0 Å². The minimum absolute atomic E-state index is 0.288. The normalized spacial score (nSPS) is 11.0. The minimum Gasteiger partial charge on any atom is -0.462 e. The zero-order valence-corrected chi connectivity index (χ0v) is 17.4. The summed E-state index contributed by atoms with van der Waals surface area (Å²) in [5.74, 6) is -0.288. The highest BCUT2D eigenvalue weighted by atomic mass is 32.1. The van der Waals surface area contributed by atoms with Gasteiger partial charge in [0, 0.05) is 19.5 Å². The first-order valence-electron chi connectivity index (χ1n) is 8.04. The first-order valence-corrected chi connectivity index (χ1v) is 11.4. The standard InChI is InChI=1S/C19H15NO2S4/c1-3-22-19(21)17-11(2)20-18(26-17)16-9-8-15(25-16)14-7-6-13(24-14)12-5-4-10-23-12/h4-10H,3H2,1-2H3. The fourth-order valence-corrected chi connectivity index (χ4v) is 6.45. The number of aromatic nitrogens is 1. The summed E-state index contributed by atoms with van der Waals surface area (Å²) >= 11 is 6.67. The maximum Gasteiger partial charge on any atom is 0.350 e. The maximum atomic E-state index is 12.0. The Hall–Kier alpha value is -1.80. The van der Waals surface area contributed by atoms with Gasteiger partial charge in [0.1, 0.15) is 9.88 Å². The van der Waals surface area contributed by atoms with Gasteiger partial charge in [-0.1, -0.05) is 6.07 Å².